The lowest BCUT2D eigenvalue weighted by atomic mass is 10.0. The Balaban J connectivity index is 3.83. The third kappa shape index (κ3) is 5.45. The van der Waals surface area contributed by atoms with Crippen molar-refractivity contribution in [2.75, 3.05) is 6.54 Å². The molecule has 14 heavy (non-hydrogen) atoms. The molecule has 0 fully saturated rings. The van der Waals surface area contributed by atoms with Crippen molar-refractivity contribution in [2.45, 2.75) is 26.2 Å². The lowest BCUT2D eigenvalue weighted by Gasteiger charge is -2.12. The molecule has 0 radical (unpaired) electrons. The molecule has 4 nitrogen and oxygen atoms in total. The highest BCUT2D eigenvalue weighted by Gasteiger charge is 2.17. The van der Waals surface area contributed by atoms with Crippen molar-refractivity contribution < 1.29 is 23.5 Å². The number of carbonyl (C=O) groups excluding carboxylic acids is 1. The standard InChI is InChI=1S/C8H13F2NO3/c1-2-5(3-6(12)13)4-11-8(14)7(9)10/h5,7H,2-4H2,1H3,(H,11,14)(H,12,13). The first kappa shape index (κ1) is 12.8. The Labute approximate surface area is 80.3 Å². The molecule has 0 saturated carbocycles. The maximum absolute atomic E-state index is 11.7. The quantitative estimate of drug-likeness (QED) is 0.682. The normalized spacial score (nSPS) is 12.6. The van der Waals surface area contributed by atoms with Gasteiger partial charge in [-0.25, -0.2) is 0 Å². The van der Waals surface area contributed by atoms with E-state index in [9.17, 15) is 18.4 Å². The van der Waals surface area contributed by atoms with Gasteiger partial charge in [-0.3, -0.25) is 9.59 Å². The summed E-state index contributed by atoms with van der Waals surface area (Å²) in [6.07, 6.45) is -2.65. The highest BCUT2D eigenvalue weighted by atomic mass is 19.3. The molecule has 0 bridgehead atoms. The number of carboxylic acid groups (broad SMARTS) is 1. The SMILES string of the molecule is CCC(CNC(=O)C(F)F)CC(=O)O. The van der Waals surface area contributed by atoms with Gasteiger partial charge >= 0.3 is 12.4 Å². The predicted octanol–water partition coefficient (Wildman–Crippen LogP) is 0.869. The Morgan fingerprint density at radius 1 is 1.43 bits per heavy atom. The van der Waals surface area contributed by atoms with E-state index in [0.29, 0.717) is 6.42 Å². The maximum atomic E-state index is 11.7. The molecule has 0 aromatic rings. The van der Waals surface area contributed by atoms with Crippen molar-refractivity contribution in [3.8, 4) is 0 Å². The van der Waals surface area contributed by atoms with E-state index in [1.807, 2.05) is 5.32 Å². The fourth-order valence-electron chi connectivity index (χ4n) is 0.930. The van der Waals surface area contributed by atoms with Crippen LogP contribution in [0.2, 0.25) is 0 Å². The average molecular weight is 209 g/mol. The lowest BCUT2D eigenvalue weighted by molar-refractivity contribution is -0.138. The van der Waals surface area contributed by atoms with Gasteiger partial charge in [0.05, 0.1) is 0 Å². The lowest BCUT2D eigenvalue weighted by Crippen LogP contribution is -2.34. The minimum absolute atomic E-state index is 0.0219. The van der Waals surface area contributed by atoms with Crippen molar-refractivity contribution in [2.24, 2.45) is 5.92 Å². The Hall–Kier alpha value is -1.20. The van der Waals surface area contributed by atoms with E-state index < -0.39 is 18.3 Å². The van der Waals surface area contributed by atoms with Gasteiger partial charge in [0.25, 0.3) is 5.91 Å². The van der Waals surface area contributed by atoms with Crippen LogP contribution >= 0.6 is 0 Å². The number of aliphatic carboxylic acids is 1. The van der Waals surface area contributed by atoms with Crippen LogP contribution in [0.1, 0.15) is 19.8 Å². The average Bonchev–Trinajstić information content (AvgIpc) is 2.10. The molecule has 0 rings (SSSR count). The van der Waals surface area contributed by atoms with Crippen molar-refractivity contribution in [1.29, 1.82) is 0 Å². The fraction of sp³-hybridized carbons (Fsp3) is 0.750. The van der Waals surface area contributed by atoms with E-state index in [2.05, 4.69) is 0 Å². The summed E-state index contributed by atoms with van der Waals surface area (Å²) in [6.45, 7) is 1.72. The van der Waals surface area contributed by atoms with Crippen molar-refractivity contribution in [1.82, 2.24) is 5.32 Å². The number of hydrogen-bond donors (Lipinski definition) is 2. The zero-order valence-corrected chi connectivity index (χ0v) is 7.80. The number of carboxylic acids is 1. The van der Waals surface area contributed by atoms with E-state index in [1.165, 1.54) is 0 Å². The molecular formula is C8H13F2NO3. The third-order valence-corrected chi connectivity index (χ3v) is 1.80. The van der Waals surface area contributed by atoms with Gasteiger partial charge in [-0.05, 0) is 5.92 Å². The van der Waals surface area contributed by atoms with Gasteiger partial charge in [0.2, 0.25) is 0 Å². The highest BCUT2D eigenvalue weighted by molar-refractivity contribution is 5.79. The molecule has 0 aromatic carbocycles. The van der Waals surface area contributed by atoms with E-state index in [4.69, 9.17) is 5.11 Å². The highest BCUT2D eigenvalue weighted by Crippen LogP contribution is 2.06. The van der Waals surface area contributed by atoms with Crippen molar-refractivity contribution in [3.63, 3.8) is 0 Å². The molecule has 0 heterocycles. The Kier molecular flexibility index (Phi) is 5.74. The van der Waals surface area contributed by atoms with Gasteiger partial charge in [0.15, 0.2) is 0 Å². The minimum Gasteiger partial charge on any atom is -0.481 e. The van der Waals surface area contributed by atoms with Crippen molar-refractivity contribution >= 4 is 11.9 Å². The van der Waals surface area contributed by atoms with Crippen LogP contribution in [-0.2, 0) is 9.59 Å². The van der Waals surface area contributed by atoms with Crippen LogP contribution < -0.4 is 5.32 Å². The molecule has 0 aliphatic carbocycles. The van der Waals surface area contributed by atoms with Crippen LogP contribution in [0, 0.1) is 5.92 Å². The minimum atomic E-state index is -3.04. The summed E-state index contributed by atoms with van der Waals surface area (Å²) >= 11 is 0. The first-order valence-electron chi connectivity index (χ1n) is 4.25. The number of halogens is 2. The second-order valence-electron chi connectivity index (χ2n) is 2.92. The van der Waals surface area contributed by atoms with Gasteiger partial charge in [-0.1, -0.05) is 13.3 Å². The summed E-state index contributed by atoms with van der Waals surface area (Å²) in [5.41, 5.74) is 0. The monoisotopic (exact) mass is 209 g/mol. The molecule has 0 aliphatic heterocycles. The van der Waals surface area contributed by atoms with Crippen molar-refractivity contribution in [3.05, 3.63) is 0 Å². The molecule has 2 N–H and O–H groups in total. The summed E-state index contributed by atoms with van der Waals surface area (Å²) in [7, 11) is 0. The van der Waals surface area contributed by atoms with Gasteiger partial charge in [-0.2, -0.15) is 8.78 Å². The molecule has 1 amide bonds. The first-order valence-corrected chi connectivity index (χ1v) is 4.25. The summed E-state index contributed by atoms with van der Waals surface area (Å²) in [5, 5.41) is 10.4. The van der Waals surface area contributed by atoms with Gasteiger partial charge < -0.3 is 10.4 Å². The van der Waals surface area contributed by atoms with E-state index in [0.717, 1.165) is 0 Å². The molecule has 82 valence electrons. The van der Waals surface area contributed by atoms with Gasteiger partial charge in [0.1, 0.15) is 0 Å². The van der Waals surface area contributed by atoms with Crippen LogP contribution in [0.4, 0.5) is 8.78 Å². The molecule has 0 saturated heterocycles. The summed E-state index contributed by atoms with van der Waals surface area (Å²) in [5.74, 6) is -2.65. The van der Waals surface area contributed by atoms with E-state index >= 15 is 0 Å². The smallest absolute Gasteiger partial charge is 0.315 e. The second-order valence-corrected chi connectivity index (χ2v) is 2.92. The Bertz CT molecular complexity index is 209. The number of amides is 1. The van der Waals surface area contributed by atoms with Crippen LogP contribution in [0.15, 0.2) is 0 Å². The summed E-state index contributed by atoms with van der Waals surface area (Å²) in [6, 6.07) is 0. The topological polar surface area (TPSA) is 66.4 Å². The molecule has 0 aromatic heterocycles. The Morgan fingerprint density at radius 2 is 2.00 bits per heavy atom. The number of nitrogens with one attached hydrogen (secondary N) is 1. The van der Waals surface area contributed by atoms with Crippen LogP contribution in [0.5, 0.6) is 0 Å². The zero-order valence-electron chi connectivity index (χ0n) is 7.80. The largest absolute Gasteiger partial charge is 0.481 e. The molecule has 0 spiro atoms. The third-order valence-electron chi connectivity index (χ3n) is 1.80. The summed E-state index contributed by atoms with van der Waals surface area (Å²) < 4.78 is 23.4. The van der Waals surface area contributed by atoms with Crippen LogP contribution in [0.3, 0.4) is 0 Å². The molecule has 1 atom stereocenters. The van der Waals surface area contributed by atoms with Crippen LogP contribution in [0.25, 0.3) is 0 Å². The first-order chi connectivity index (χ1) is 6.47. The maximum Gasteiger partial charge on any atom is 0.315 e. The zero-order chi connectivity index (χ0) is 11.1. The molecule has 6 heteroatoms. The number of hydrogen-bond acceptors (Lipinski definition) is 2. The van der Waals surface area contributed by atoms with Crippen LogP contribution in [-0.4, -0.2) is 30.0 Å². The number of alkyl halides is 2. The second kappa shape index (κ2) is 6.28. The predicted molar refractivity (Wildman–Crippen MR) is 45.0 cm³/mol. The van der Waals surface area contributed by atoms with Gasteiger partial charge in [-0.15, -0.1) is 0 Å². The molecule has 1 unspecified atom stereocenters. The number of carbonyl (C=O) groups is 2. The summed E-state index contributed by atoms with van der Waals surface area (Å²) in [4.78, 5) is 20.7. The van der Waals surface area contributed by atoms with E-state index in [-0.39, 0.29) is 18.9 Å². The molecule has 0 aliphatic rings. The Morgan fingerprint density at radius 3 is 2.36 bits per heavy atom. The fourth-order valence-corrected chi connectivity index (χ4v) is 0.930. The molecular weight excluding hydrogens is 196 g/mol. The van der Waals surface area contributed by atoms with Gasteiger partial charge in [0, 0.05) is 13.0 Å². The van der Waals surface area contributed by atoms with E-state index in [1.54, 1.807) is 6.92 Å². The number of rotatable bonds is 6.